The lowest BCUT2D eigenvalue weighted by Gasteiger charge is -2.21. The van der Waals surface area contributed by atoms with Gasteiger partial charge < -0.3 is 4.74 Å². The number of methoxy groups -OCH3 is 1. The largest absolute Gasteiger partial charge is 0.382 e. The zero-order chi connectivity index (χ0) is 13.0. The number of benzene rings is 1. The van der Waals surface area contributed by atoms with Crippen molar-refractivity contribution in [2.24, 2.45) is 5.84 Å². The summed E-state index contributed by atoms with van der Waals surface area (Å²) in [7, 11) is 1.53. The molecule has 2 atom stereocenters. The fourth-order valence-electron chi connectivity index (χ4n) is 1.56. The van der Waals surface area contributed by atoms with Crippen LogP contribution in [0.5, 0.6) is 0 Å². The predicted octanol–water partition coefficient (Wildman–Crippen LogP) is 2.66. The maximum absolute atomic E-state index is 13.8. The molecule has 0 radical (unpaired) electrons. The van der Waals surface area contributed by atoms with Crippen molar-refractivity contribution in [1.29, 1.82) is 0 Å². The molecular weight excluding hydrogens is 294 g/mol. The Balaban J connectivity index is 3.07. The van der Waals surface area contributed by atoms with E-state index in [9.17, 15) is 8.78 Å². The SMILES string of the molecule is COC(C)CC(NN)c1c(F)ccc(Br)c1F. The maximum atomic E-state index is 13.8. The van der Waals surface area contributed by atoms with Gasteiger partial charge in [0.05, 0.1) is 16.6 Å². The second-order valence-corrected chi connectivity index (χ2v) is 4.61. The van der Waals surface area contributed by atoms with Gasteiger partial charge in [-0.05, 0) is 41.4 Å². The molecule has 0 spiro atoms. The van der Waals surface area contributed by atoms with E-state index in [0.717, 1.165) is 0 Å². The van der Waals surface area contributed by atoms with Crippen molar-refractivity contribution < 1.29 is 13.5 Å². The number of nitrogens with one attached hydrogen (secondary N) is 1. The summed E-state index contributed by atoms with van der Waals surface area (Å²) >= 11 is 3.02. The second-order valence-electron chi connectivity index (χ2n) is 3.76. The van der Waals surface area contributed by atoms with E-state index < -0.39 is 17.7 Å². The average Bonchev–Trinajstić information content (AvgIpc) is 2.32. The van der Waals surface area contributed by atoms with Gasteiger partial charge in [0.2, 0.25) is 0 Å². The summed E-state index contributed by atoms with van der Waals surface area (Å²) in [5.41, 5.74) is 2.33. The minimum Gasteiger partial charge on any atom is -0.382 e. The molecule has 3 nitrogen and oxygen atoms in total. The monoisotopic (exact) mass is 308 g/mol. The van der Waals surface area contributed by atoms with E-state index in [1.54, 1.807) is 6.92 Å². The van der Waals surface area contributed by atoms with Crippen molar-refractivity contribution in [1.82, 2.24) is 5.43 Å². The first-order valence-corrected chi connectivity index (χ1v) is 5.92. The fraction of sp³-hybridized carbons (Fsp3) is 0.455. The number of ether oxygens (including phenoxy) is 1. The molecule has 96 valence electrons. The van der Waals surface area contributed by atoms with Crippen molar-refractivity contribution in [3.63, 3.8) is 0 Å². The van der Waals surface area contributed by atoms with E-state index in [2.05, 4.69) is 21.4 Å². The highest BCUT2D eigenvalue weighted by atomic mass is 79.9. The highest BCUT2D eigenvalue weighted by Crippen LogP contribution is 2.29. The molecule has 0 saturated carbocycles. The Bertz CT molecular complexity index is 390. The summed E-state index contributed by atoms with van der Waals surface area (Å²) < 4.78 is 32.7. The first-order chi connectivity index (χ1) is 8.01. The van der Waals surface area contributed by atoms with Crippen LogP contribution >= 0.6 is 15.9 Å². The van der Waals surface area contributed by atoms with Gasteiger partial charge in [-0.25, -0.2) is 8.78 Å². The third-order valence-electron chi connectivity index (χ3n) is 2.60. The molecule has 0 aliphatic carbocycles. The minimum absolute atomic E-state index is 0.0780. The molecule has 0 heterocycles. The first-order valence-electron chi connectivity index (χ1n) is 5.13. The Labute approximate surface area is 107 Å². The van der Waals surface area contributed by atoms with Gasteiger partial charge in [0, 0.05) is 12.7 Å². The summed E-state index contributed by atoms with van der Waals surface area (Å²) in [5.74, 6) is 4.07. The topological polar surface area (TPSA) is 47.3 Å². The minimum atomic E-state index is -0.642. The summed E-state index contributed by atoms with van der Waals surface area (Å²) in [5, 5.41) is 0. The average molecular weight is 309 g/mol. The number of hydrazine groups is 1. The van der Waals surface area contributed by atoms with Gasteiger partial charge in [-0.2, -0.15) is 0 Å². The Morgan fingerprint density at radius 1 is 1.47 bits per heavy atom. The fourth-order valence-corrected chi connectivity index (χ4v) is 1.91. The van der Waals surface area contributed by atoms with Gasteiger partial charge in [-0.1, -0.05) is 0 Å². The molecule has 0 aliphatic rings. The quantitative estimate of drug-likeness (QED) is 0.499. The van der Waals surface area contributed by atoms with Gasteiger partial charge in [0.15, 0.2) is 0 Å². The van der Waals surface area contributed by atoms with Crippen LogP contribution < -0.4 is 11.3 Å². The van der Waals surface area contributed by atoms with Crippen LogP contribution in [-0.2, 0) is 4.74 Å². The number of halogens is 3. The molecule has 6 heteroatoms. The molecule has 1 aromatic rings. The van der Waals surface area contributed by atoms with E-state index in [-0.39, 0.29) is 16.1 Å². The standard InChI is InChI=1S/C11H15BrF2N2O/c1-6(17-2)5-9(16-15)10-8(13)4-3-7(12)11(10)14/h3-4,6,9,16H,5,15H2,1-2H3. The molecule has 0 amide bonds. The van der Waals surface area contributed by atoms with E-state index >= 15 is 0 Å². The summed E-state index contributed by atoms with van der Waals surface area (Å²) in [6.45, 7) is 1.80. The lowest BCUT2D eigenvalue weighted by Crippen LogP contribution is -2.32. The molecule has 0 fully saturated rings. The Hall–Kier alpha value is -0.560. The van der Waals surface area contributed by atoms with E-state index in [4.69, 9.17) is 10.6 Å². The molecule has 3 N–H and O–H groups in total. The van der Waals surface area contributed by atoms with Crippen LogP contribution in [0.3, 0.4) is 0 Å². The smallest absolute Gasteiger partial charge is 0.145 e. The van der Waals surface area contributed by atoms with Gasteiger partial charge in [0.25, 0.3) is 0 Å². The van der Waals surface area contributed by atoms with E-state index in [1.165, 1.54) is 19.2 Å². The Kier molecular flexibility index (Phi) is 5.45. The molecule has 0 aliphatic heterocycles. The van der Waals surface area contributed by atoms with Crippen LogP contribution in [0.15, 0.2) is 16.6 Å². The maximum Gasteiger partial charge on any atom is 0.145 e. The molecule has 2 unspecified atom stereocenters. The third-order valence-corrected chi connectivity index (χ3v) is 3.21. The number of nitrogens with two attached hydrogens (primary N) is 1. The number of hydrogen-bond acceptors (Lipinski definition) is 3. The van der Waals surface area contributed by atoms with Crippen LogP contribution in [0.1, 0.15) is 24.9 Å². The summed E-state index contributed by atoms with van der Waals surface area (Å²) in [4.78, 5) is 0. The van der Waals surface area contributed by atoms with Crippen molar-refractivity contribution in [3.8, 4) is 0 Å². The summed E-state index contributed by atoms with van der Waals surface area (Å²) in [6, 6.07) is 1.88. The Morgan fingerprint density at radius 3 is 2.65 bits per heavy atom. The third kappa shape index (κ3) is 3.45. The first kappa shape index (κ1) is 14.5. The lowest BCUT2D eigenvalue weighted by atomic mass is 10.0. The van der Waals surface area contributed by atoms with Crippen molar-refractivity contribution >= 4 is 15.9 Å². The van der Waals surface area contributed by atoms with Gasteiger partial charge >= 0.3 is 0 Å². The second kappa shape index (κ2) is 6.39. The Morgan fingerprint density at radius 2 is 2.12 bits per heavy atom. The van der Waals surface area contributed by atoms with Crippen LogP contribution in [0.4, 0.5) is 8.78 Å². The van der Waals surface area contributed by atoms with Crippen molar-refractivity contribution in [3.05, 3.63) is 33.8 Å². The zero-order valence-electron chi connectivity index (χ0n) is 9.64. The van der Waals surface area contributed by atoms with Gasteiger partial charge in [0.1, 0.15) is 11.6 Å². The molecule has 1 aromatic carbocycles. The number of rotatable bonds is 5. The summed E-state index contributed by atoms with van der Waals surface area (Å²) in [6.07, 6.45) is 0.214. The van der Waals surface area contributed by atoms with Crippen molar-refractivity contribution in [2.75, 3.05) is 7.11 Å². The van der Waals surface area contributed by atoms with E-state index in [0.29, 0.717) is 6.42 Å². The van der Waals surface area contributed by atoms with Crippen LogP contribution in [-0.4, -0.2) is 13.2 Å². The van der Waals surface area contributed by atoms with Gasteiger partial charge in [-0.15, -0.1) is 0 Å². The molecule has 17 heavy (non-hydrogen) atoms. The molecule has 0 saturated heterocycles. The van der Waals surface area contributed by atoms with Gasteiger partial charge in [-0.3, -0.25) is 11.3 Å². The van der Waals surface area contributed by atoms with Crippen molar-refractivity contribution in [2.45, 2.75) is 25.5 Å². The normalized spacial score (nSPS) is 14.7. The van der Waals surface area contributed by atoms with Crippen LogP contribution in [0.2, 0.25) is 0 Å². The molecule has 1 rings (SSSR count). The van der Waals surface area contributed by atoms with Crippen LogP contribution in [0, 0.1) is 11.6 Å². The number of hydrogen-bond donors (Lipinski definition) is 2. The highest BCUT2D eigenvalue weighted by Gasteiger charge is 2.22. The van der Waals surface area contributed by atoms with Crippen LogP contribution in [0.25, 0.3) is 0 Å². The molecular formula is C11H15BrF2N2O. The van der Waals surface area contributed by atoms with E-state index in [1.807, 2.05) is 0 Å². The predicted molar refractivity (Wildman–Crippen MR) is 65.2 cm³/mol. The lowest BCUT2D eigenvalue weighted by molar-refractivity contribution is 0.0995. The highest BCUT2D eigenvalue weighted by molar-refractivity contribution is 9.10. The molecule has 0 aromatic heterocycles. The zero-order valence-corrected chi connectivity index (χ0v) is 11.2. The molecule has 0 bridgehead atoms.